The first-order chi connectivity index (χ1) is 23.2. The third-order valence-corrected chi connectivity index (χ3v) is 9.98. The molecule has 1 heterocycles. The minimum atomic E-state index is -4.47. The number of hydrogen-bond donors (Lipinski definition) is 1. The molecule has 0 aliphatic carbocycles. The maximum absolute atomic E-state index is 14.6. The van der Waals surface area contributed by atoms with Gasteiger partial charge in [-0.1, -0.05) is 59.6 Å². The van der Waals surface area contributed by atoms with Crippen molar-refractivity contribution in [2.24, 2.45) is 0 Å². The first-order valence-electron chi connectivity index (χ1n) is 15.5. The fraction of sp³-hybridized carbons (Fsp3) is 0.278. The number of nitrogens with one attached hydrogen (secondary N) is 1. The van der Waals surface area contributed by atoms with Crippen LogP contribution < -0.4 is 19.1 Å². The number of halogens is 3. The average molecular weight is 729 g/mol. The SMILES string of the molecule is CC(C)(C)NC(=O)[C@@H](Cc1ccccc1)N(Cc1ccc(Cl)cc1Cl)C(=O)CN(c1ccc(F)cc1)S(=O)(=O)c1ccc2c(c1)OCCO2. The van der Waals surface area contributed by atoms with Gasteiger partial charge in [0.25, 0.3) is 10.0 Å². The Kier molecular flexibility index (Phi) is 11.1. The van der Waals surface area contributed by atoms with Crippen LogP contribution in [0.15, 0.2) is 95.9 Å². The molecule has 49 heavy (non-hydrogen) atoms. The Labute approximate surface area is 295 Å². The molecule has 0 saturated carbocycles. The molecule has 13 heteroatoms. The van der Waals surface area contributed by atoms with Gasteiger partial charge in [-0.2, -0.15) is 0 Å². The maximum Gasteiger partial charge on any atom is 0.264 e. The van der Waals surface area contributed by atoms with E-state index in [1.54, 1.807) is 12.1 Å². The van der Waals surface area contributed by atoms with Crippen molar-refractivity contribution in [2.45, 2.75) is 50.2 Å². The molecule has 5 rings (SSSR count). The van der Waals surface area contributed by atoms with Crippen LogP contribution in [0.3, 0.4) is 0 Å². The zero-order valence-electron chi connectivity index (χ0n) is 27.2. The first kappa shape index (κ1) is 36.0. The van der Waals surface area contributed by atoms with E-state index in [1.807, 2.05) is 51.1 Å². The minimum Gasteiger partial charge on any atom is -0.486 e. The van der Waals surface area contributed by atoms with Gasteiger partial charge in [0.05, 0.1) is 10.6 Å². The van der Waals surface area contributed by atoms with Gasteiger partial charge in [0.1, 0.15) is 31.6 Å². The van der Waals surface area contributed by atoms with Gasteiger partial charge in [0, 0.05) is 34.6 Å². The number of carbonyl (C=O) groups excluding carboxylic acids is 2. The molecule has 0 bridgehead atoms. The molecule has 0 radical (unpaired) electrons. The second kappa shape index (κ2) is 15.1. The molecule has 4 aromatic rings. The summed E-state index contributed by atoms with van der Waals surface area (Å²) in [7, 11) is -4.47. The number of hydrogen-bond acceptors (Lipinski definition) is 6. The topological polar surface area (TPSA) is 105 Å². The average Bonchev–Trinajstić information content (AvgIpc) is 3.06. The van der Waals surface area contributed by atoms with Crippen molar-refractivity contribution < 1.29 is 31.9 Å². The number of sulfonamides is 1. The third-order valence-electron chi connectivity index (χ3n) is 7.62. The lowest BCUT2D eigenvalue weighted by Gasteiger charge is -2.35. The summed E-state index contributed by atoms with van der Waals surface area (Å²) in [5, 5.41) is 3.62. The lowest BCUT2D eigenvalue weighted by molar-refractivity contribution is -0.140. The summed E-state index contributed by atoms with van der Waals surface area (Å²) in [5.41, 5.74) is 0.646. The fourth-order valence-corrected chi connectivity index (χ4v) is 7.19. The van der Waals surface area contributed by atoms with E-state index in [-0.39, 0.29) is 40.9 Å². The fourth-order valence-electron chi connectivity index (χ4n) is 5.29. The highest BCUT2D eigenvalue weighted by molar-refractivity contribution is 7.92. The van der Waals surface area contributed by atoms with Crippen LogP contribution in [0.5, 0.6) is 11.5 Å². The van der Waals surface area contributed by atoms with Crippen molar-refractivity contribution in [1.82, 2.24) is 10.2 Å². The molecule has 0 saturated heterocycles. The molecule has 1 aliphatic heterocycles. The van der Waals surface area contributed by atoms with E-state index in [4.69, 9.17) is 32.7 Å². The number of nitrogens with zero attached hydrogens (tertiary/aromatic N) is 2. The van der Waals surface area contributed by atoms with Crippen LogP contribution in [0.4, 0.5) is 10.1 Å². The van der Waals surface area contributed by atoms with Gasteiger partial charge >= 0.3 is 0 Å². The molecule has 9 nitrogen and oxygen atoms in total. The zero-order valence-corrected chi connectivity index (χ0v) is 29.5. The lowest BCUT2D eigenvalue weighted by atomic mass is 10.0. The van der Waals surface area contributed by atoms with Crippen LogP contribution >= 0.6 is 23.2 Å². The molecular weight excluding hydrogens is 692 g/mol. The van der Waals surface area contributed by atoms with Gasteiger partial charge in [0.15, 0.2) is 11.5 Å². The Bertz CT molecular complexity index is 1920. The number of benzene rings is 4. The van der Waals surface area contributed by atoms with E-state index in [0.29, 0.717) is 22.9 Å². The van der Waals surface area contributed by atoms with Gasteiger partial charge in [-0.05, 0) is 80.4 Å². The van der Waals surface area contributed by atoms with Crippen molar-refractivity contribution in [1.29, 1.82) is 0 Å². The monoisotopic (exact) mass is 727 g/mol. The highest BCUT2D eigenvalue weighted by Crippen LogP contribution is 2.34. The summed E-state index contributed by atoms with van der Waals surface area (Å²) in [4.78, 5) is 29.8. The molecule has 2 amide bonds. The van der Waals surface area contributed by atoms with Crippen molar-refractivity contribution in [3.8, 4) is 11.5 Å². The van der Waals surface area contributed by atoms with Crippen molar-refractivity contribution in [3.63, 3.8) is 0 Å². The molecule has 1 atom stereocenters. The van der Waals surface area contributed by atoms with Gasteiger partial charge in [-0.15, -0.1) is 0 Å². The molecule has 0 aromatic heterocycles. The largest absolute Gasteiger partial charge is 0.486 e. The Hall–Kier alpha value is -4.32. The van der Waals surface area contributed by atoms with Crippen LogP contribution in [-0.2, 0) is 32.6 Å². The summed E-state index contributed by atoms with van der Waals surface area (Å²) < 4.78 is 54.8. The van der Waals surface area contributed by atoms with Crippen LogP contribution in [0, 0.1) is 5.82 Å². The van der Waals surface area contributed by atoms with E-state index in [0.717, 1.165) is 22.0 Å². The zero-order chi connectivity index (χ0) is 35.3. The Morgan fingerprint density at radius 1 is 0.898 bits per heavy atom. The Morgan fingerprint density at radius 3 is 2.22 bits per heavy atom. The molecule has 1 N–H and O–H groups in total. The smallest absolute Gasteiger partial charge is 0.264 e. The predicted molar refractivity (Wildman–Crippen MR) is 187 cm³/mol. The predicted octanol–water partition coefficient (Wildman–Crippen LogP) is 6.65. The van der Waals surface area contributed by atoms with Crippen molar-refractivity contribution in [2.75, 3.05) is 24.1 Å². The van der Waals surface area contributed by atoms with Crippen LogP contribution in [0.2, 0.25) is 10.0 Å². The number of anilines is 1. The van der Waals surface area contributed by atoms with E-state index in [2.05, 4.69) is 5.32 Å². The summed E-state index contributed by atoms with van der Waals surface area (Å²) in [6.07, 6.45) is 0.116. The Morgan fingerprint density at radius 2 is 1.57 bits per heavy atom. The minimum absolute atomic E-state index is 0.0351. The summed E-state index contributed by atoms with van der Waals surface area (Å²) >= 11 is 12.7. The maximum atomic E-state index is 14.6. The molecule has 258 valence electrons. The van der Waals surface area contributed by atoms with E-state index in [1.165, 1.54) is 41.3 Å². The summed E-state index contributed by atoms with van der Waals surface area (Å²) in [6.45, 7) is 5.13. The van der Waals surface area contributed by atoms with Gasteiger partial charge < -0.3 is 19.7 Å². The number of carbonyl (C=O) groups is 2. The van der Waals surface area contributed by atoms with Crippen LogP contribution in [0.1, 0.15) is 31.9 Å². The summed E-state index contributed by atoms with van der Waals surface area (Å²) in [6, 6.07) is 21.8. The van der Waals surface area contributed by atoms with Crippen LogP contribution in [0.25, 0.3) is 0 Å². The normalized spacial score (nSPS) is 13.3. The number of amides is 2. The molecule has 0 unspecified atom stereocenters. The summed E-state index contributed by atoms with van der Waals surface area (Å²) in [5.74, 6) is -1.13. The van der Waals surface area contributed by atoms with Gasteiger partial charge in [-0.3, -0.25) is 13.9 Å². The molecular formula is C36H36Cl2FN3O6S. The third kappa shape index (κ3) is 9.03. The van der Waals surface area contributed by atoms with E-state index in [9.17, 15) is 22.4 Å². The van der Waals surface area contributed by atoms with Crippen LogP contribution in [-0.4, -0.2) is 56.5 Å². The first-order valence-corrected chi connectivity index (χ1v) is 17.7. The lowest BCUT2D eigenvalue weighted by Crippen LogP contribution is -2.56. The second-order valence-electron chi connectivity index (χ2n) is 12.5. The number of ether oxygens (including phenoxy) is 2. The van der Waals surface area contributed by atoms with E-state index < -0.39 is 45.8 Å². The second-order valence-corrected chi connectivity index (χ2v) is 15.2. The highest BCUT2D eigenvalue weighted by atomic mass is 35.5. The van der Waals surface area contributed by atoms with Gasteiger partial charge in [-0.25, -0.2) is 12.8 Å². The standard InChI is InChI=1S/C36H36Cl2FN3O6S/c1-36(2,3)40-35(44)31(19-24-7-5-4-6-8-24)41(22-25-9-10-26(37)20-30(25)38)34(43)23-42(28-13-11-27(39)12-14-28)49(45,46)29-15-16-32-33(21-29)48-18-17-47-32/h4-16,20-21,31H,17-19,22-23H2,1-3H3,(H,40,44)/t31-/m1/s1. The quantitative estimate of drug-likeness (QED) is 0.186. The molecule has 4 aromatic carbocycles. The molecule has 0 spiro atoms. The molecule has 1 aliphatic rings. The van der Waals surface area contributed by atoms with E-state index >= 15 is 0 Å². The number of fused-ring (bicyclic) bond motifs is 1. The van der Waals surface area contributed by atoms with Gasteiger partial charge in [0.2, 0.25) is 11.8 Å². The Balaban J connectivity index is 1.60. The molecule has 0 fully saturated rings. The highest BCUT2D eigenvalue weighted by Gasteiger charge is 2.36. The van der Waals surface area contributed by atoms with Crippen molar-refractivity contribution in [3.05, 3.63) is 118 Å². The number of rotatable bonds is 11. The van der Waals surface area contributed by atoms with Crippen molar-refractivity contribution >= 4 is 50.7 Å².